The summed E-state index contributed by atoms with van der Waals surface area (Å²) in [6.45, 7) is 7.09. The van der Waals surface area contributed by atoms with Crippen molar-refractivity contribution in [3.05, 3.63) is 64.7 Å². The van der Waals surface area contributed by atoms with Crippen LogP contribution >= 0.6 is 28.7 Å². The molecule has 0 bridgehead atoms. The maximum absolute atomic E-state index is 12.6. The van der Waals surface area contributed by atoms with Gasteiger partial charge in [-0.05, 0) is 55.5 Å². The van der Waals surface area contributed by atoms with Gasteiger partial charge in [-0.15, -0.1) is 28.7 Å². The highest BCUT2D eigenvalue weighted by molar-refractivity contribution is 8.93. The van der Waals surface area contributed by atoms with E-state index in [4.69, 9.17) is 9.47 Å². The Morgan fingerprint density at radius 3 is 2.07 bits per heavy atom. The third-order valence-corrected chi connectivity index (χ3v) is 8.52. The van der Waals surface area contributed by atoms with Crippen molar-refractivity contribution in [2.24, 2.45) is 0 Å². The van der Waals surface area contributed by atoms with E-state index in [0.717, 1.165) is 31.0 Å². The highest BCUT2D eigenvalue weighted by Gasteiger charge is 2.16. The first-order valence-electron chi connectivity index (χ1n) is 15.8. The van der Waals surface area contributed by atoms with Crippen molar-refractivity contribution < 1.29 is 19.1 Å². The SMILES string of the molecule is Br.CCCCCCCCCCCCCCOc1c(OCC(=O)Nc2ccc(CN3CSC=C3C)cc2)cccc1C(C)=O. The topological polar surface area (TPSA) is 67.9 Å². The largest absolute Gasteiger partial charge is 0.489 e. The molecule has 0 unspecified atom stereocenters. The molecule has 1 aliphatic rings. The molecule has 2 aromatic rings. The Bertz CT molecular complexity index is 1140. The molecule has 0 atom stereocenters. The fourth-order valence-electron chi connectivity index (χ4n) is 5.02. The van der Waals surface area contributed by atoms with E-state index in [2.05, 4.69) is 29.5 Å². The number of unbranched alkanes of at least 4 members (excludes halogenated alkanes) is 11. The fraction of sp³-hybridized carbons (Fsp3) is 0.543. The predicted octanol–water partition coefficient (Wildman–Crippen LogP) is 9.93. The second-order valence-corrected chi connectivity index (χ2v) is 12.0. The molecule has 1 aliphatic heterocycles. The number of carbonyl (C=O) groups is 2. The molecule has 1 amide bonds. The number of benzene rings is 2. The van der Waals surface area contributed by atoms with Crippen LogP contribution < -0.4 is 14.8 Å². The van der Waals surface area contributed by atoms with Gasteiger partial charge in [0, 0.05) is 17.9 Å². The van der Waals surface area contributed by atoms with Crippen molar-refractivity contribution in [3.8, 4) is 11.5 Å². The zero-order chi connectivity index (χ0) is 30.0. The van der Waals surface area contributed by atoms with E-state index in [-0.39, 0.29) is 35.3 Å². The molecule has 8 heteroatoms. The lowest BCUT2D eigenvalue weighted by Gasteiger charge is -2.19. The highest BCUT2D eigenvalue weighted by Crippen LogP contribution is 2.32. The molecular weight excluding hydrogens is 624 g/mol. The van der Waals surface area contributed by atoms with Gasteiger partial charge in [0.15, 0.2) is 23.9 Å². The van der Waals surface area contributed by atoms with Crippen molar-refractivity contribution in [3.63, 3.8) is 0 Å². The number of nitrogens with one attached hydrogen (secondary N) is 1. The average molecular weight is 676 g/mol. The maximum atomic E-state index is 12.6. The summed E-state index contributed by atoms with van der Waals surface area (Å²) in [5.74, 6) is 1.46. The van der Waals surface area contributed by atoms with Gasteiger partial charge in [0.2, 0.25) is 0 Å². The minimum Gasteiger partial charge on any atom is -0.489 e. The number of halogens is 1. The molecule has 2 aromatic carbocycles. The molecule has 0 radical (unpaired) electrons. The van der Waals surface area contributed by atoms with Crippen LogP contribution in [0.25, 0.3) is 0 Å². The van der Waals surface area contributed by atoms with Gasteiger partial charge in [0.1, 0.15) is 0 Å². The van der Waals surface area contributed by atoms with Crippen LogP contribution in [0.4, 0.5) is 5.69 Å². The van der Waals surface area contributed by atoms with E-state index in [1.807, 2.05) is 24.3 Å². The Labute approximate surface area is 274 Å². The van der Waals surface area contributed by atoms with Crippen LogP contribution in [0, 0.1) is 0 Å². The number of hydrogen-bond acceptors (Lipinski definition) is 6. The normalized spacial score (nSPS) is 12.4. The van der Waals surface area contributed by atoms with Gasteiger partial charge < -0.3 is 19.7 Å². The molecule has 0 saturated heterocycles. The summed E-state index contributed by atoms with van der Waals surface area (Å²) in [5.41, 5.74) is 3.66. The molecule has 0 aromatic heterocycles. The number of carbonyl (C=O) groups excluding carboxylic acids is 2. The van der Waals surface area contributed by atoms with E-state index in [1.165, 1.54) is 82.4 Å². The molecule has 3 rings (SSSR count). The summed E-state index contributed by atoms with van der Waals surface area (Å²) >= 11 is 1.81. The fourth-order valence-corrected chi connectivity index (χ4v) is 5.96. The van der Waals surface area contributed by atoms with Crippen LogP contribution in [0.2, 0.25) is 0 Å². The molecular formula is C35H51BrN2O4S. The lowest BCUT2D eigenvalue weighted by molar-refractivity contribution is -0.118. The lowest BCUT2D eigenvalue weighted by Crippen LogP contribution is -2.21. The Morgan fingerprint density at radius 2 is 1.49 bits per heavy atom. The first-order valence-corrected chi connectivity index (χ1v) is 16.8. The summed E-state index contributed by atoms with van der Waals surface area (Å²) in [7, 11) is 0. The molecule has 0 aliphatic carbocycles. The highest BCUT2D eigenvalue weighted by atomic mass is 79.9. The first-order chi connectivity index (χ1) is 20.5. The third kappa shape index (κ3) is 13.8. The molecule has 0 spiro atoms. The van der Waals surface area contributed by atoms with Crippen molar-refractivity contribution in [2.45, 2.75) is 104 Å². The zero-order valence-corrected chi connectivity index (χ0v) is 28.9. The van der Waals surface area contributed by atoms with Gasteiger partial charge in [-0.25, -0.2) is 0 Å². The standard InChI is InChI=1S/C35H50N2O4S.BrH/c1-4-5-6-7-8-9-10-11-12-13-14-15-23-40-35-32(29(3)38)17-16-18-33(35)41-25-34(39)36-31-21-19-30(20-22-31)24-37-27-42-26-28(37)2;/h16-22,26H,4-15,23-25,27H2,1-3H3,(H,36,39);1H. The van der Waals surface area contributed by atoms with Crippen LogP contribution in [-0.4, -0.2) is 35.7 Å². The van der Waals surface area contributed by atoms with Gasteiger partial charge in [-0.1, -0.05) is 95.8 Å². The summed E-state index contributed by atoms with van der Waals surface area (Å²) in [4.78, 5) is 27.2. The van der Waals surface area contributed by atoms with Gasteiger partial charge in [-0.3, -0.25) is 9.59 Å². The molecule has 6 nitrogen and oxygen atoms in total. The minimum absolute atomic E-state index is 0. The second kappa shape index (κ2) is 21.3. The number of para-hydroxylation sites is 1. The predicted molar refractivity (Wildman–Crippen MR) is 186 cm³/mol. The number of anilines is 1. The molecule has 238 valence electrons. The number of rotatable bonds is 21. The number of Topliss-reactive ketones (excluding diaryl/α,β-unsaturated/α-hetero) is 1. The van der Waals surface area contributed by atoms with Crippen molar-refractivity contribution in [1.29, 1.82) is 0 Å². The van der Waals surface area contributed by atoms with Crippen molar-refractivity contribution >= 4 is 46.1 Å². The third-order valence-electron chi connectivity index (χ3n) is 7.56. The number of hydrogen-bond donors (Lipinski definition) is 1. The maximum Gasteiger partial charge on any atom is 0.262 e. The Kier molecular flexibility index (Phi) is 18.2. The van der Waals surface area contributed by atoms with E-state index in [0.29, 0.717) is 23.7 Å². The molecule has 1 N–H and O–H groups in total. The van der Waals surface area contributed by atoms with E-state index < -0.39 is 0 Å². The first kappa shape index (κ1) is 36.7. The van der Waals surface area contributed by atoms with Crippen LogP contribution in [0.3, 0.4) is 0 Å². The van der Waals surface area contributed by atoms with Gasteiger partial charge in [0.25, 0.3) is 5.91 Å². The lowest BCUT2D eigenvalue weighted by atomic mass is 10.1. The molecule has 0 saturated carbocycles. The monoisotopic (exact) mass is 674 g/mol. The second-order valence-electron chi connectivity index (χ2n) is 11.2. The van der Waals surface area contributed by atoms with Crippen LogP contribution in [0.1, 0.15) is 114 Å². The number of nitrogens with zero attached hydrogens (tertiary/aromatic N) is 1. The summed E-state index contributed by atoms with van der Waals surface area (Å²) in [6.07, 6.45) is 15.3. The van der Waals surface area contributed by atoms with E-state index >= 15 is 0 Å². The van der Waals surface area contributed by atoms with Crippen molar-refractivity contribution in [1.82, 2.24) is 4.90 Å². The summed E-state index contributed by atoms with van der Waals surface area (Å²) in [6, 6.07) is 13.1. The van der Waals surface area contributed by atoms with E-state index in [1.54, 1.807) is 30.0 Å². The number of amides is 1. The zero-order valence-electron chi connectivity index (χ0n) is 26.3. The van der Waals surface area contributed by atoms with Crippen LogP contribution in [0.5, 0.6) is 11.5 Å². The van der Waals surface area contributed by atoms with Gasteiger partial charge >= 0.3 is 0 Å². The number of allylic oxidation sites excluding steroid dienone is 1. The van der Waals surface area contributed by atoms with Crippen molar-refractivity contribution in [2.75, 3.05) is 24.4 Å². The number of ketones is 1. The van der Waals surface area contributed by atoms with Crippen LogP contribution in [-0.2, 0) is 11.3 Å². The molecule has 1 heterocycles. The van der Waals surface area contributed by atoms with E-state index in [9.17, 15) is 9.59 Å². The summed E-state index contributed by atoms with van der Waals surface area (Å²) < 4.78 is 11.9. The van der Waals surface area contributed by atoms with Gasteiger partial charge in [-0.2, -0.15) is 0 Å². The Balaban J connectivity index is 0.00000645. The molecule has 43 heavy (non-hydrogen) atoms. The number of thioether (sulfide) groups is 1. The summed E-state index contributed by atoms with van der Waals surface area (Å²) in [5, 5.41) is 5.07. The Hall–Kier alpha value is -2.45. The minimum atomic E-state index is -0.266. The van der Waals surface area contributed by atoms with Crippen LogP contribution in [0.15, 0.2) is 53.6 Å². The number of ether oxygens (including phenoxy) is 2. The Morgan fingerprint density at radius 1 is 0.860 bits per heavy atom. The van der Waals surface area contributed by atoms with Gasteiger partial charge in [0.05, 0.1) is 18.0 Å². The molecule has 0 fully saturated rings. The average Bonchev–Trinajstić information content (AvgIpc) is 3.39. The quantitative estimate of drug-likeness (QED) is 0.105. The smallest absolute Gasteiger partial charge is 0.262 e.